The lowest BCUT2D eigenvalue weighted by Gasteiger charge is -2.30. The van der Waals surface area contributed by atoms with E-state index < -0.39 is 0 Å². The van der Waals surface area contributed by atoms with Crippen molar-refractivity contribution in [3.63, 3.8) is 0 Å². The highest BCUT2D eigenvalue weighted by Crippen LogP contribution is 2.35. The Bertz CT molecular complexity index is 559. The van der Waals surface area contributed by atoms with Crippen LogP contribution in [0.3, 0.4) is 0 Å². The van der Waals surface area contributed by atoms with Gasteiger partial charge in [0.2, 0.25) is 0 Å². The molecule has 0 spiro atoms. The zero-order valence-electron chi connectivity index (χ0n) is 11.5. The van der Waals surface area contributed by atoms with Gasteiger partial charge in [0.1, 0.15) is 12.2 Å². The Labute approximate surface area is 113 Å². The summed E-state index contributed by atoms with van der Waals surface area (Å²) >= 11 is 0. The summed E-state index contributed by atoms with van der Waals surface area (Å²) in [5.41, 5.74) is 2.95. The third-order valence-electron chi connectivity index (χ3n) is 3.72. The van der Waals surface area contributed by atoms with Gasteiger partial charge in [-0.3, -0.25) is 0 Å². The minimum atomic E-state index is 0.467. The van der Waals surface area contributed by atoms with Gasteiger partial charge in [-0.05, 0) is 17.5 Å². The second-order valence-corrected chi connectivity index (χ2v) is 5.49. The van der Waals surface area contributed by atoms with Crippen molar-refractivity contribution in [1.82, 2.24) is 20.1 Å². The highest BCUT2D eigenvalue weighted by Gasteiger charge is 2.26. The number of benzene rings is 1. The fraction of sp³-hybridized carbons (Fsp3) is 0.467. The standard InChI is InChI=1S/C15H20N4/c1-11(2)16-8-15-17-10-18-19(15)9-13-7-12-5-3-4-6-14(12)13/h3-6,10-11,13,16H,7-9H2,1-2H3. The number of nitrogens with zero attached hydrogens (tertiary/aromatic N) is 3. The lowest BCUT2D eigenvalue weighted by molar-refractivity contribution is 0.447. The van der Waals surface area contributed by atoms with Crippen molar-refractivity contribution in [2.75, 3.05) is 0 Å². The van der Waals surface area contributed by atoms with Crippen molar-refractivity contribution in [2.45, 2.75) is 45.3 Å². The van der Waals surface area contributed by atoms with Gasteiger partial charge in [0.25, 0.3) is 0 Å². The van der Waals surface area contributed by atoms with Gasteiger partial charge in [-0.2, -0.15) is 5.10 Å². The van der Waals surface area contributed by atoms with E-state index in [2.05, 4.69) is 53.5 Å². The van der Waals surface area contributed by atoms with Crippen molar-refractivity contribution < 1.29 is 0 Å². The molecule has 4 nitrogen and oxygen atoms in total. The highest BCUT2D eigenvalue weighted by molar-refractivity contribution is 5.39. The summed E-state index contributed by atoms with van der Waals surface area (Å²) in [6.07, 6.45) is 2.81. The van der Waals surface area contributed by atoms with Gasteiger partial charge in [-0.25, -0.2) is 9.67 Å². The number of hydrogen-bond donors (Lipinski definition) is 1. The number of fused-ring (bicyclic) bond motifs is 1. The number of hydrogen-bond acceptors (Lipinski definition) is 3. The monoisotopic (exact) mass is 256 g/mol. The molecule has 19 heavy (non-hydrogen) atoms. The normalized spacial score (nSPS) is 17.3. The average molecular weight is 256 g/mol. The topological polar surface area (TPSA) is 42.7 Å². The van der Waals surface area contributed by atoms with Crippen LogP contribution in [0.25, 0.3) is 0 Å². The molecule has 1 aromatic carbocycles. The van der Waals surface area contributed by atoms with Crippen molar-refractivity contribution >= 4 is 0 Å². The molecular formula is C15H20N4. The van der Waals surface area contributed by atoms with Gasteiger partial charge >= 0.3 is 0 Å². The number of rotatable bonds is 5. The molecule has 1 N–H and O–H groups in total. The van der Waals surface area contributed by atoms with Crippen LogP contribution in [0.15, 0.2) is 30.6 Å². The summed E-state index contributed by atoms with van der Waals surface area (Å²) in [6, 6.07) is 9.14. The first kappa shape index (κ1) is 12.4. The average Bonchev–Trinajstić information content (AvgIpc) is 2.81. The summed E-state index contributed by atoms with van der Waals surface area (Å²) < 4.78 is 2.04. The van der Waals surface area contributed by atoms with Crippen LogP contribution in [0.2, 0.25) is 0 Å². The maximum absolute atomic E-state index is 4.35. The Hall–Kier alpha value is -1.68. The van der Waals surface area contributed by atoms with E-state index in [1.807, 2.05) is 4.68 Å². The number of aromatic nitrogens is 3. The zero-order valence-corrected chi connectivity index (χ0v) is 11.5. The Morgan fingerprint density at radius 2 is 2.21 bits per heavy atom. The van der Waals surface area contributed by atoms with Gasteiger partial charge in [0.15, 0.2) is 0 Å². The van der Waals surface area contributed by atoms with Crippen molar-refractivity contribution in [3.05, 3.63) is 47.5 Å². The van der Waals surface area contributed by atoms with E-state index in [9.17, 15) is 0 Å². The minimum absolute atomic E-state index is 0.467. The van der Waals surface area contributed by atoms with Crippen LogP contribution >= 0.6 is 0 Å². The summed E-state index contributed by atoms with van der Waals surface area (Å²) in [5.74, 6) is 1.62. The van der Waals surface area contributed by atoms with E-state index in [0.29, 0.717) is 12.0 Å². The third kappa shape index (κ3) is 2.54. The molecule has 1 atom stereocenters. The summed E-state index contributed by atoms with van der Waals surface area (Å²) in [4.78, 5) is 4.34. The first-order chi connectivity index (χ1) is 9.24. The maximum atomic E-state index is 4.35. The van der Waals surface area contributed by atoms with E-state index >= 15 is 0 Å². The molecule has 100 valence electrons. The molecule has 0 saturated carbocycles. The predicted molar refractivity (Wildman–Crippen MR) is 74.9 cm³/mol. The maximum Gasteiger partial charge on any atom is 0.140 e. The molecule has 0 fully saturated rings. The molecule has 3 rings (SSSR count). The van der Waals surface area contributed by atoms with Gasteiger partial charge in [-0.15, -0.1) is 0 Å². The van der Waals surface area contributed by atoms with E-state index in [4.69, 9.17) is 0 Å². The van der Waals surface area contributed by atoms with Crippen molar-refractivity contribution in [3.8, 4) is 0 Å². The Morgan fingerprint density at radius 3 is 3.00 bits per heavy atom. The molecule has 1 heterocycles. The lowest BCUT2D eigenvalue weighted by atomic mass is 9.78. The molecule has 1 aromatic heterocycles. The SMILES string of the molecule is CC(C)NCc1ncnn1CC1Cc2ccccc21. The largest absolute Gasteiger partial charge is 0.308 e. The Kier molecular flexibility index (Phi) is 3.34. The summed E-state index contributed by atoms with van der Waals surface area (Å²) in [6.45, 7) is 6.00. The molecule has 4 heteroatoms. The molecule has 0 aliphatic heterocycles. The molecule has 1 aliphatic carbocycles. The summed E-state index contributed by atoms with van der Waals surface area (Å²) in [7, 11) is 0. The van der Waals surface area contributed by atoms with Crippen LogP contribution in [0, 0.1) is 0 Å². The first-order valence-electron chi connectivity index (χ1n) is 6.92. The second-order valence-electron chi connectivity index (χ2n) is 5.49. The van der Waals surface area contributed by atoms with Crippen LogP contribution in [0.1, 0.15) is 36.7 Å². The van der Waals surface area contributed by atoms with Gasteiger partial charge in [-0.1, -0.05) is 38.1 Å². The molecule has 0 saturated heterocycles. The van der Waals surface area contributed by atoms with Crippen LogP contribution < -0.4 is 5.32 Å². The second kappa shape index (κ2) is 5.13. The smallest absolute Gasteiger partial charge is 0.140 e. The quantitative estimate of drug-likeness (QED) is 0.891. The molecule has 0 radical (unpaired) electrons. The van der Waals surface area contributed by atoms with Crippen LogP contribution in [-0.4, -0.2) is 20.8 Å². The minimum Gasteiger partial charge on any atom is -0.308 e. The van der Waals surface area contributed by atoms with Crippen molar-refractivity contribution in [2.24, 2.45) is 0 Å². The van der Waals surface area contributed by atoms with E-state index in [-0.39, 0.29) is 0 Å². The summed E-state index contributed by atoms with van der Waals surface area (Å²) in [5, 5.41) is 7.75. The predicted octanol–water partition coefficient (Wildman–Crippen LogP) is 2.12. The Morgan fingerprint density at radius 1 is 1.37 bits per heavy atom. The van der Waals surface area contributed by atoms with Crippen LogP contribution in [0.5, 0.6) is 0 Å². The molecule has 1 aliphatic rings. The molecule has 0 amide bonds. The molecule has 0 bridgehead atoms. The lowest BCUT2D eigenvalue weighted by Crippen LogP contribution is -2.27. The fourth-order valence-electron chi connectivity index (χ4n) is 2.61. The zero-order chi connectivity index (χ0) is 13.2. The van der Waals surface area contributed by atoms with Gasteiger partial charge < -0.3 is 5.32 Å². The molecule has 2 aromatic rings. The van der Waals surface area contributed by atoms with E-state index in [1.165, 1.54) is 11.1 Å². The van der Waals surface area contributed by atoms with E-state index in [1.54, 1.807) is 6.33 Å². The third-order valence-corrected chi connectivity index (χ3v) is 3.72. The molecular weight excluding hydrogens is 236 g/mol. The van der Waals surface area contributed by atoms with Gasteiger partial charge in [0.05, 0.1) is 13.1 Å². The highest BCUT2D eigenvalue weighted by atomic mass is 15.3. The van der Waals surface area contributed by atoms with Crippen LogP contribution in [0.4, 0.5) is 0 Å². The van der Waals surface area contributed by atoms with Gasteiger partial charge in [0, 0.05) is 12.0 Å². The van der Waals surface area contributed by atoms with E-state index in [0.717, 1.165) is 25.3 Å². The Balaban J connectivity index is 1.67. The first-order valence-corrected chi connectivity index (χ1v) is 6.92. The number of nitrogens with one attached hydrogen (secondary N) is 1. The fourth-order valence-corrected chi connectivity index (χ4v) is 2.61. The van der Waals surface area contributed by atoms with Crippen LogP contribution in [-0.2, 0) is 19.5 Å². The molecule has 1 unspecified atom stereocenters. The van der Waals surface area contributed by atoms with Crippen molar-refractivity contribution in [1.29, 1.82) is 0 Å².